The van der Waals surface area contributed by atoms with Crippen LogP contribution in [0.1, 0.15) is 13.8 Å². The minimum absolute atomic E-state index is 0.0223. The van der Waals surface area contributed by atoms with Crippen LogP contribution in [0.15, 0.2) is 66.3 Å². The molecule has 31 heavy (non-hydrogen) atoms. The maximum absolute atomic E-state index is 14.3. The van der Waals surface area contributed by atoms with Crippen molar-refractivity contribution in [3.63, 3.8) is 0 Å². The highest BCUT2D eigenvalue weighted by Crippen LogP contribution is 2.32. The Morgan fingerprint density at radius 1 is 1.23 bits per heavy atom. The molecule has 2 aromatic carbocycles. The van der Waals surface area contributed by atoms with Crippen molar-refractivity contribution in [3.8, 4) is 17.1 Å². The number of methoxy groups -OCH3 is 1. The van der Waals surface area contributed by atoms with Crippen LogP contribution in [-0.4, -0.2) is 33.0 Å². The van der Waals surface area contributed by atoms with Crippen molar-refractivity contribution in [2.45, 2.75) is 30.8 Å². The summed E-state index contributed by atoms with van der Waals surface area (Å²) in [4.78, 5) is 13.0. The van der Waals surface area contributed by atoms with Crippen molar-refractivity contribution in [2.75, 3.05) is 12.4 Å². The number of ether oxygens (including phenoxy) is 1. The molecule has 3 aromatic rings. The zero-order chi connectivity index (χ0) is 22.4. The smallest absolute Gasteiger partial charge is 0.238 e. The lowest BCUT2D eigenvalue weighted by molar-refractivity contribution is -0.116. The van der Waals surface area contributed by atoms with Crippen molar-refractivity contribution < 1.29 is 13.9 Å². The quantitative estimate of drug-likeness (QED) is 0.373. The summed E-state index contributed by atoms with van der Waals surface area (Å²) in [6, 6.07) is 13.6. The maximum Gasteiger partial charge on any atom is 0.238 e. The summed E-state index contributed by atoms with van der Waals surface area (Å²) in [6.45, 7) is 8.12. The fourth-order valence-electron chi connectivity index (χ4n) is 3.01. The third kappa shape index (κ3) is 5.32. The Labute approximate surface area is 185 Å². The Balaban J connectivity index is 1.86. The monoisotopic (exact) mass is 440 g/mol. The molecule has 0 aliphatic carbocycles. The Morgan fingerprint density at radius 2 is 1.94 bits per heavy atom. The summed E-state index contributed by atoms with van der Waals surface area (Å²) < 4.78 is 21.3. The van der Waals surface area contributed by atoms with Gasteiger partial charge in [0, 0.05) is 12.2 Å². The van der Waals surface area contributed by atoms with E-state index < -0.39 is 5.25 Å². The number of allylic oxidation sites excluding steroid dienone is 1. The topological polar surface area (TPSA) is 69.0 Å². The van der Waals surface area contributed by atoms with E-state index in [0.29, 0.717) is 34.5 Å². The molecule has 1 atom stereocenters. The predicted octanol–water partition coefficient (Wildman–Crippen LogP) is 5.03. The average molecular weight is 441 g/mol. The van der Waals surface area contributed by atoms with Crippen LogP contribution in [0, 0.1) is 11.7 Å². The van der Waals surface area contributed by atoms with E-state index in [2.05, 4.69) is 22.1 Å². The molecule has 0 spiro atoms. The molecule has 0 aliphatic rings. The molecule has 1 N–H and O–H groups in total. The average Bonchev–Trinajstić information content (AvgIpc) is 3.15. The van der Waals surface area contributed by atoms with Crippen LogP contribution < -0.4 is 10.1 Å². The zero-order valence-corrected chi connectivity index (χ0v) is 18.5. The number of nitrogens with one attached hydrogen (secondary N) is 1. The van der Waals surface area contributed by atoms with Gasteiger partial charge in [0.2, 0.25) is 5.91 Å². The van der Waals surface area contributed by atoms with Gasteiger partial charge in [0.1, 0.15) is 11.6 Å². The first kappa shape index (κ1) is 22.6. The van der Waals surface area contributed by atoms with E-state index >= 15 is 0 Å². The van der Waals surface area contributed by atoms with Crippen LogP contribution in [0.2, 0.25) is 0 Å². The molecule has 0 saturated carbocycles. The predicted molar refractivity (Wildman–Crippen MR) is 122 cm³/mol. The third-order valence-corrected chi connectivity index (χ3v) is 6.12. The Bertz CT molecular complexity index is 1050. The summed E-state index contributed by atoms with van der Waals surface area (Å²) in [5.74, 6) is 0.610. The normalized spacial score (nSPS) is 11.9. The van der Waals surface area contributed by atoms with Crippen LogP contribution in [0.4, 0.5) is 10.1 Å². The number of hydrogen-bond acceptors (Lipinski definition) is 5. The molecule has 1 aromatic heterocycles. The van der Waals surface area contributed by atoms with Gasteiger partial charge in [-0.15, -0.1) is 16.8 Å². The SMILES string of the molecule is C=CCn1c(SC(C(=O)Nc2ccc(OC)cc2)C(C)C)nnc1-c1ccccc1F. The van der Waals surface area contributed by atoms with Crippen molar-refractivity contribution in [1.82, 2.24) is 14.8 Å². The number of benzene rings is 2. The van der Waals surface area contributed by atoms with Crippen molar-refractivity contribution in [3.05, 3.63) is 67.0 Å². The van der Waals surface area contributed by atoms with E-state index in [-0.39, 0.29) is 17.6 Å². The van der Waals surface area contributed by atoms with Crippen molar-refractivity contribution in [2.24, 2.45) is 5.92 Å². The van der Waals surface area contributed by atoms with Crippen LogP contribution in [0.5, 0.6) is 5.75 Å². The number of hydrogen-bond donors (Lipinski definition) is 1. The molecule has 162 valence electrons. The zero-order valence-electron chi connectivity index (χ0n) is 17.7. The second kappa shape index (κ2) is 10.3. The number of carbonyl (C=O) groups excluding carboxylic acids is 1. The van der Waals surface area contributed by atoms with Gasteiger partial charge in [-0.3, -0.25) is 9.36 Å². The molecule has 0 bridgehead atoms. The van der Waals surface area contributed by atoms with E-state index in [1.54, 1.807) is 60.2 Å². The van der Waals surface area contributed by atoms with E-state index in [9.17, 15) is 9.18 Å². The number of anilines is 1. The van der Waals surface area contributed by atoms with Gasteiger partial charge in [0.25, 0.3) is 0 Å². The number of carbonyl (C=O) groups is 1. The van der Waals surface area contributed by atoms with Crippen molar-refractivity contribution in [1.29, 1.82) is 0 Å². The lowest BCUT2D eigenvalue weighted by atomic mass is 10.1. The van der Waals surface area contributed by atoms with E-state index in [1.165, 1.54) is 17.8 Å². The summed E-state index contributed by atoms with van der Waals surface area (Å²) in [7, 11) is 1.59. The first-order valence-corrected chi connectivity index (χ1v) is 10.7. The summed E-state index contributed by atoms with van der Waals surface area (Å²) in [5, 5.41) is 11.5. The van der Waals surface area contributed by atoms with E-state index in [1.807, 2.05) is 13.8 Å². The number of halogens is 1. The molecule has 0 saturated heterocycles. The molecule has 3 rings (SSSR count). The molecule has 0 aliphatic heterocycles. The van der Waals surface area contributed by atoms with Gasteiger partial charge in [-0.05, 0) is 42.3 Å². The fourth-order valence-corrected chi connectivity index (χ4v) is 4.05. The number of rotatable bonds is 9. The van der Waals surface area contributed by atoms with Gasteiger partial charge in [0.15, 0.2) is 11.0 Å². The standard InChI is InChI=1S/C23H25FN4O2S/c1-5-14-28-21(18-8-6-7-9-19(18)24)26-27-23(28)31-20(15(2)3)22(29)25-16-10-12-17(30-4)13-11-16/h5-13,15,20H,1,14H2,2-4H3,(H,25,29). The molecule has 8 heteroatoms. The minimum Gasteiger partial charge on any atom is -0.497 e. The molecular weight excluding hydrogens is 415 g/mol. The number of thioether (sulfide) groups is 1. The highest BCUT2D eigenvalue weighted by Gasteiger charge is 2.27. The third-order valence-electron chi connectivity index (χ3n) is 4.60. The molecule has 1 unspecified atom stereocenters. The second-order valence-electron chi connectivity index (χ2n) is 7.19. The second-order valence-corrected chi connectivity index (χ2v) is 8.29. The van der Waals surface area contributed by atoms with Crippen LogP contribution in [0.3, 0.4) is 0 Å². The molecule has 0 radical (unpaired) electrons. The fraction of sp³-hybridized carbons (Fsp3) is 0.261. The molecule has 1 heterocycles. The number of amides is 1. The highest BCUT2D eigenvalue weighted by atomic mass is 32.2. The van der Waals surface area contributed by atoms with Crippen LogP contribution in [-0.2, 0) is 11.3 Å². The van der Waals surface area contributed by atoms with Crippen LogP contribution in [0.25, 0.3) is 11.4 Å². The Hall–Kier alpha value is -3.13. The Kier molecular flexibility index (Phi) is 7.46. The molecular formula is C23H25FN4O2S. The van der Waals surface area contributed by atoms with Crippen LogP contribution >= 0.6 is 11.8 Å². The number of nitrogens with zero attached hydrogens (tertiary/aromatic N) is 3. The van der Waals surface area contributed by atoms with Gasteiger partial charge < -0.3 is 10.1 Å². The van der Waals surface area contributed by atoms with Crippen molar-refractivity contribution >= 4 is 23.4 Å². The Morgan fingerprint density at radius 3 is 2.55 bits per heavy atom. The minimum atomic E-state index is -0.427. The number of aromatic nitrogens is 3. The summed E-state index contributed by atoms with van der Waals surface area (Å²) >= 11 is 1.30. The highest BCUT2D eigenvalue weighted by molar-refractivity contribution is 8.00. The molecule has 6 nitrogen and oxygen atoms in total. The van der Waals surface area contributed by atoms with E-state index in [0.717, 1.165) is 0 Å². The van der Waals surface area contributed by atoms with Gasteiger partial charge in [0.05, 0.1) is 17.9 Å². The van der Waals surface area contributed by atoms with Gasteiger partial charge in [-0.1, -0.05) is 43.8 Å². The lowest BCUT2D eigenvalue weighted by Crippen LogP contribution is -2.30. The first-order chi connectivity index (χ1) is 14.9. The lowest BCUT2D eigenvalue weighted by Gasteiger charge is -2.20. The van der Waals surface area contributed by atoms with Gasteiger partial charge in [-0.2, -0.15) is 0 Å². The summed E-state index contributed by atoms with van der Waals surface area (Å²) in [5.41, 5.74) is 1.03. The largest absolute Gasteiger partial charge is 0.497 e. The van der Waals surface area contributed by atoms with Gasteiger partial charge >= 0.3 is 0 Å². The molecule has 1 amide bonds. The maximum atomic E-state index is 14.3. The van der Waals surface area contributed by atoms with E-state index in [4.69, 9.17) is 4.74 Å². The molecule has 0 fully saturated rings. The summed E-state index contributed by atoms with van der Waals surface area (Å²) in [6.07, 6.45) is 1.69. The van der Waals surface area contributed by atoms with Gasteiger partial charge in [-0.25, -0.2) is 4.39 Å². The first-order valence-electron chi connectivity index (χ1n) is 9.85.